The first-order valence-electron chi connectivity index (χ1n) is 13.8. The zero-order chi connectivity index (χ0) is 26.4. The van der Waals surface area contributed by atoms with Gasteiger partial charge in [-0.05, 0) is 104 Å². The van der Waals surface area contributed by atoms with E-state index in [0.717, 1.165) is 0 Å². The van der Waals surface area contributed by atoms with E-state index in [1.165, 1.54) is 77.9 Å². The summed E-state index contributed by atoms with van der Waals surface area (Å²) >= 11 is 0. The fourth-order valence-electron chi connectivity index (χ4n) is 7.68. The van der Waals surface area contributed by atoms with Gasteiger partial charge in [0.2, 0.25) is 0 Å². The summed E-state index contributed by atoms with van der Waals surface area (Å²) in [5.41, 5.74) is 19.6. The quantitative estimate of drug-likeness (QED) is 0.231. The lowest BCUT2D eigenvalue weighted by Crippen LogP contribution is -2.22. The SMILES string of the molecule is Cc1c2c(c(C)c3c1-c1ccc(-c4ccccc4)cc1C3(C)C)C(C)(C)c1cc(-c3ccccc3)ccc1-2. The molecule has 5 aromatic carbocycles. The molecule has 0 unspecified atom stereocenters. The van der Waals surface area contributed by atoms with Crippen LogP contribution in [0.5, 0.6) is 0 Å². The normalized spacial score (nSPS) is 15.5. The summed E-state index contributed by atoms with van der Waals surface area (Å²) in [5.74, 6) is 0. The highest BCUT2D eigenvalue weighted by molar-refractivity contribution is 5.96. The summed E-state index contributed by atoms with van der Waals surface area (Å²) < 4.78 is 0. The van der Waals surface area contributed by atoms with Crippen LogP contribution in [-0.4, -0.2) is 0 Å². The molecule has 0 aromatic heterocycles. The zero-order valence-corrected chi connectivity index (χ0v) is 23.2. The first-order chi connectivity index (χ1) is 18.2. The van der Waals surface area contributed by atoms with E-state index in [2.05, 4.69) is 139 Å². The highest BCUT2D eigenvalue weighted by Gasteiger charge is 2.45. The van der Waals surface area contributed by atoms with Gasteiger partial charge in [0.1, 0.15) is 0 Å². The van der Waals surface area contributed by atoms with Crippen LogP contribution in [0, 0.1) is 13.8 Å². The lowest BCUT2D eigenvalue weighted by atomic mass is 9.73. The van der Waals surface area contributed by atoms with Crippen LogP contribution in [0.25, 0.3) is 44.5 Å². The van der Waals surface area contributed by atoms with E-state index in [-0.39, 0.29) is 10.8 Å². The Morgan fingerprint density at radius 2 is 0.816 bits per heavy atom. The maximum atomic E-state index is 2.44. The van der Waals surface area contributed by atoms with E-state index >= 15 is 0 Å². The zero-order valence-electron chi connectivity index (χ0n) is 23.2. The molecule has 0 amide bonds. The molecule has 0 saturated heterocycles. The minimum absolute atomic E-state index is 0.0562. The molecule has 0 nitrogen and oxygen atoms in total. The summed E-state index contributed by atoms with van der Waals surface area (Å²) in [6, 6.07) is 35.8. The molecule has 0 atom stereocenters. The lowest BCUT2D eigenvalue weighted by molar-refractivity contribution is 0.630. The third kappa shape index (κ3) is 2.98. The molecule has 0 N–H and O–H groups in total. The van der Waals surface area contributed by atoms with Gasteiger partial charge in [-0.25, -0.2) is 0 Å². The standard InChI is InChI=1S/C38H34/c1-23-33-29-19-17-27(25-13-9-7-10-14-25)21-31(29)37(3,4)35(33)24(2)36-34(23)30-20-18-28(22-32(30)38(36,5)6)26-15-11-8-12-16-26/h7-22H,1-6H3. The molecule has 5 aromatic rings. The summed E-state index contributed by atoms with van der Waals surface area (Å²) in [6.45, 7) is 14.4. The van der Waals surface area contributed by atoms with Crippen molar-refractivity contribution in [2.45, 2.75) is 52.4 Å². The minimum Gasteiger partial charge on any atom is -0.0622 e. The van der Waals surface area contributed by atoms with E-state index in [1.807, 2.05) is 0 Å². The molecule has 2 aliphatic rings. The molecule has 0 fully saturated rings. The predicted octanol–water partition coefficient (Wildman–Crippen LogP) is 10.3. The van der Waals surface area contributed by atoms with Crippen LogP contribution in [0.15, 0.2) is 97.1 Å². The topological polar surface area (TPSA) is 0 Å². The largest absolute Gasteiger partial charge is 0.0622 e. The average molecular weight is 491 g/mol. The Bertz CT molecular complexity index is 1620. The minimum atomic E-state index is -0.0562. The Balaban J connectivity index is 1.47. The van der Waals surface area contributed by atoms with Gasteiger partial charge in [0.25, 0.3) is 0 Å². The Kier molecular flexibility index (Phi) is 4.77. The van der Waals surface area contributed by atoms with Crippen LogP contribution in [-0.2, 0) is 10.8 Å². The molecule has 0 aliphatic heterocycles. The molecule has 0 spiro atoms. The molecule has 0 saturated carbocycles. The Morgan fingerprint density at radius 1 is 0.421 bits per heavy atom. The average Bonchev–Trinajstić information content (AvgIpc) is 3.32. The third-order valence-corrected chi connectivity index (χ3v) is 9.39. The lowest BCUT2D eigenvalue weighted by Gasteiger charge is -2.30. The molecular weight excluding hydrogens is 456 g/mol. The van der Waals surface area contributed by atoms with E-state index < -0.39 is 0 Å². The van der Waals surface area contributed by atoms with Crippen molar-refractivity contribution in [2.24, 2.45) is 0 Å². The van der Waals surface area contributed by atoms with Crippen LogP contribution in [0.4, 0.5) is 0 Å². The van der Waals surface area contributed by atoms with Crippen molar-refractivity contribution in [1.82, 2.24) is 0 Å². The van der Waals surface area contributed by atoms with Gasteiger partial charge in [-0.2, -0.15) is 0 Å². The van der Waals surface area contributed by atoms with Crippen molar-refractivity contribution in [2.75, 3.05) is 0 Å². The van der Waals surface area contributed by atoms with Gasteiger partial charge in [-0.15, -0.1) is 0 Å². The molecule has 0 radical (unpaired) electrons. The van der Waals surface area contributed by atoms with Gasteiger partial charge in [0, 0.05) is 10.8 Å². The third-order valence-electron chi connectivity index (χ3n) is 9.39. The van der Waals surface area contributed by atoms with Gasteiger partial charge in [-0.1, -0.05) is 113 Å². The second-order valence-electron chi connectivity index (χ2n) is 12.3. The first kappa shape index (κ1) is 23.2. The highest BCUT2D eigenvalue weighted by Crippen LogP contribution is 2.60. The van der Waals surface area contributed by atoms with Crippen LogP contribution >= 0.6 is 0 Å². The Labute approximate surface area is 227 Å². The number of fused-ring (bicyclic) bond motifs is 6. The summed E-state index contributed by atoms with van der Waals surface area (Å²) in [4.78, 5) is 0. The second-order valence-corrected chi connectivity index (χ2v) is 12.3. The number of hydrogen-bond acceptors (Lipinski definition) is 0. The van der Waals surface area contributed by atoms with Crippen LogP contribution < -0.4 is 0 Å². The predicted molar refractivity (Wildman–Crippen MR) is 162 cm³/mol. The van der Waals surface area contributed by atoms with Crippen molar-refractivity contribution >= 4 is 0 Å². The van der Waals surface area contributed by atoms with E-state index in [9.17, 15) is 0 Å². The van der Waals surface area contributed by atoms with Gasteiger partial charge < -0.3 is 0 Å². The summed E-state index contributed by atoms with van der Waals surface area (Å²) in [7, 11) is 0. The molecule has 38 heavy (non-hydrogen) atoms. The molecule has 2 aliphatic carbocycles. The van der Waals surface area contributed by atoms with E-state index in [1.54, 1.807) is 0 Å². The van der Waals surface area contributed by atoms with Crippen molar-refractivity contribution in [3.8, 4) is 44.5 Å². The van der Waals surface area contributed by atoms with E-state index in [0.29, 0.717) is 0 Å². The van der Waals surface area contributed by atoms with Crippen molar-refractivity contribution in [3.05, 3.63) is 130 Å². The smallest absolute Gasteiger partial charge is 0.0161 e. The second kappa shape index (κ2) is 7.81. The van der Waals surface area contributed by atoms with Crippen LogP contribution in [0.3, 0.4) is 0 Å². The highest BCUT2D eigenvalue weighted by atomic mass is 14.5. The van der Waals surface area contributed by atoms with Crippen LogP contribution in [0.1, 0.15) is 61.1 Å². The maximum absolute atomic E-state index is 2.44. The van der Waals surface area contributed by atoms with Crippen molar-refractivity contribution < 1.29 is 0 Å². The number of benzene rings is 5. The summed E-state index contributed by atoms with van der Waals surface area (Å²) in [5, 5.41) is 0. The van der Waals surface area contributed by atoms with Crippen LogP contribution in [0.2, 0.25) is 0 Å². The Morgan fingerprint density at radius 3 is 1.21 bits per heavy atom. The molecular formula is C38H34. The Hall–Kier alpha value is -3.90. The molecule has 0 bridgehead atoms. The van der Waals surface area contributed by atoms with Gasteiger partial charge in [0.15, 0.2) is 0 Å². The summed E-state index contributed by atoms with van der Waals surface area (Å²) in [6.07, 6.45) is 0. The number of hydrogen-bond donors (Lipinski definition) is 0. The van der Waals surface area contributed by atoms with E-state index in [4.69, 9.17) is 0 Å². The monoisotopic (exact) mass is 490 g/mol. The molecule has 0 heterocycles. The maximum Gasteiger partial charge on any atom is 0.0161 e. The van der Waals surface area contributed by atoms with Crippen molar-refractivity contribution in [1.29, 1.82) is 0 Å². The van der Waals surface area contributed by atoms with Gasteiger partial charge in [0.05, 0.1) is 0 Å². The fourth-order valence-corrected chi connectivity index (χ4v) is 7.68. The van der Waals surface area contributed by atoms with Crippen molar-refractivity contribution in [3.63, 3.8) is 0 Å². The molecule has 186 valence electrons. The molecule has 7 rings (SSSR count). The van der Waals surface area contributed by atoms with Gasteiger partial charge >= 0.3 is 0 Å². The first-order valence-corrected chi connectivity index (χ1v) is 13.8. The number of rotatable bonds is 2. The fraction of sp³-hybridized carbons (Fsp3) is 0.211. The van der Waals surface area contributed by atoms with Gasteiger partial charge in [-0.3, -0.25) is 0 Å². The molecule has 0 heteroatoms.